The van der Waals surface area contributed by atoms with Crippen LogP contribution in [0.15, 0.2) is 12.1 Å². The molecule has 2 aromatic rings. The molecule has 79 heavy (non-hydrogen) atoms. The lowest BCUT2D eigenvalue weighted by Gasteiger charge is -2.46. The number of carbonyl (C=O) groups is 2. The second-order valence-electron chi connectivity index (χ2n) is 22.3. The lowest BCUT2D eigenvalue weighted by Crippen LogP contribution is -2.57. The van der Waals surface area contributed by atoms with Gasteiger partial charge in [-0.1, -0.05) is 13.8 Å². The quantitative estimate of drug-likeness (QED) is 0.100. The van der Waals surface area contributed by atoms with Crippen molar-refractivity contribution in [2.45, 2.75) is 254 Å². The van der Waals surface area contributed by atoms with Crippen LogP contribution in [0, 0.1) is 5.92 Å². The summed E-state index contributed by atoms with van der Waals surface area (Å²) in [5.74, 6) is -4.22. The Balaban J connectivity index is 1.04. The van der Waals surface area contributed by atoms with Crippen molar-refractivity contribution in [3.63, 3.8) is 0 Å². The first-order valence-electron chi connectivity index (χ1n) is 27.5. The lowest BCUT2D eigenvalue weighted by atomic mass is 9.74. The van der Waals surface area contributed by atoms with Crippen LogP contribution in [0.25, 0.3) is 10.8 Å². The summed E-state index contributed by atoms with van der Waals surface area (Å²) in [6.07, 6.45) is -25.9. The first-order chi connectivity index (χ1) is 37.3. The molecule has 5 saturated heterocycles. The van der Waals surface area contributed by atoms with Gasteiger partial charge in [0.1, 0.15) is 66.1 Å². The topological polar surface area (TPSA) is 347 Å². The number of methoxy groups -OCH3 is 2. The number of ketones is 2. The number of rotatable bonds is 18. The van der Waals surface area contributed by atoms with Gasteiger partial charge in [0.25, 0.3) is 0 Å². The van der Waals surface area contributed by atoms with Gasteiger partial charge in [-0.2, -0.15) is 0 Å². The molecule has 5 fully saturated rings. The SMILES string of the molecule is CCC(C)c1c(O[C@@H]2C[C@@H](O)[C@H](O)[C@@H](C)O2)cc2cc3c(c(O)c2c1O)C(=O)[C@@H](O[C@H]1C[C@@H](O[C@H]2C[C@@H](O[C@H]4C[C@@H](O[C@H]5C[C@@H](O)[C@H](O)[C@@H](C)O5)[C@H](OC)[C@@H](C)O4)[C@@H](O)[C@@H](C)O2)[C@H](O)[C@@H](C)O1)[C@H]([C@H](OC)C(=O)[C@@H](O)[C@@H](C)O)C3. The van der Waals surface area contributed by atoms with Crippen LogP contribution >= 0.6 is 0 Å². The Morgan fingerprint density at radius 3 is 1.65 bits per heavy atom. The van der Waals surface area contributed by atoms with E-state index in [1.54, 1.807) is 46.8 Å². The molecular formula is C55H82O24. The summed E-state index contributed by atoms with van der Waals surface area (Å²) in [6.45, 7) is 13.1. The average molecular weight is 1130 g/mol. The van der Waals surface area contributed by atoms with Gasteiger partial charge in [-0.3, -0.25) is 9.59 Å². The van der Waals surface area contributed by atoms with Crippen molar-refractivity contribution in [2.24, 2.45) is 5.92 Å². The highest BCUT2D eigenvalue weighted by Gasteiger charge is 2.51. The summed E-state index contributed by atoms with van der Waals surface area (Å²) in [5, 5.41) is 110. The number of hydrogen-bond acceptors (Lipinski definition) is 24. The molecule has 5 aliphatic heterocycles. The summed E-state index contributed by atoms with van der Waals surface area (Å²) < 4.78 is 73.5. The molecule has 24 heteroatoms. The molecule has 24 nitrogen and oxygen atoms in total. The maximum atomic E-state index is 15.2. The molecule has 5 heterocycles. The number of hydrogen-bond donors (Lipinski definition) is 10. The van der Waals surface area contributed by atoms with Crippen molar-refractivity contribution in [1.82, 2.24) is 0 Å². The van der Waals surface area contributed by atoms with E-state index in [0.717, 1.165) is 0 Å². The van der Waals surface area contributed by atoms with Crippen LogP contribution in [0.3, 0.4) is 0 Å². The summed E-state index contributed by atoms with van der Waals surface area (Å²) in [7, 11) is 2.71. The monoisotopic (exact) mass is 1130 g/mol. The first kappa shape index (κ1) is 61.7. The van der Waals surface area contributed by atoms with Gasteiger partial charge < -0.3 is 108 Å². The third-order valence-electron chi connectivity index (χ3n) is 16.7. The minimum Gasteiger partial charge on any atom is -0.507 e. The summed E-state index contributed by atoms with van der Waals surface area (Å²) in [5.41, 5.74) is 0.261. The fraction of sp³-hybridized carbons (Fsp3) is 0.782. The van der Waals surface area contributed by atoms with E-state index < -0.39 is 171 Å². The first-order valence-corrected chi connectivity index (χ1v) is 27.5. The zero-order valence-corrected chi connectivity index (χ0v) is 46.3. The molecule has 0 bridgehead atoms. The normalized spacial score (nSPS) is 40.8. The molecule has 446 valence electrons. The highest BCUT2D eigenvalue weighted by atomic mass is 16.7. The average Bonchev–Trinajstić information content (AvgIpc) is 3.48. The number of carbonyl (C=O) groups excluding carboxylic acids is 2. The molecule has 0 spiro atoms. The van der Waals surface area contributed by atoms with Gasteiger partial charge in [0.15, 0.2) is 36.7 Å². The van der Waals surface area contributed by atoms with Crippen LogP contribution in [-0.2, 0) is 63.3 Å². The second-order valence-corrected chi connectivity index (χ2v) is 22.3. The van der Waals surface area contributed by atoms with Crippen LogP contribution < -0.4 is 4.74 Å². The van der Waals surface area contributed by atoms with E-state index in [1.807, 2.05) is 13.8 Å². The van der Waals surface area contributed by atoms with Gasteiger partial charge >= 0.3 is 0 Å². The predicted molar refractivity (Wildman–Crippen MR) is 273 cm³/mol. The van der Waals surface area contributed by atoms with Gasteiger partial charge in [0.2, 0.25) is 6.29 Å². The largest absolute Gasteiger partial charge is 0.507 e. The number of aliphatic hydroxyl groups is 8. The third kappa shape index (κ3) is 12.9. The molecule has 26 atom stereocenters. The van der Waals surface area contributed by atoms with Crippen molar-refractivity contribution in [3.8, 4) is 17.2 Å². The maximum absolute atomic E-state index is 15.2. The zero-order chi connectivity index (χ0) is 57.6. The predicted octanol–water partition coefficient (Wildman–Crippen LogP) is 1.22. The van der Waals surface area contributed by atoms with E-state index in [4.69, 9.17) is 56.8 Å². The van der Waals surface area contributed by atoms with E-state index >= 15 is 4.79 Å². The third-order valence-corrected chi connectivity index (χ3v) is 16.7. The number of Topliss-reactive ketones (excluding diaryl/α,β-unsaturated/α-hetero) is 2. The number of phenolic OH excluding ortho intramolecular Hbond substituents is 2. The van der Waals surface area contributed by atoms with Gasteiger partial charge in [-0.05, 0) is 83.4 Å². The van der Waals surface area contributed by atoms with Gasteiger partial charge in [0, 0.05) is 57.8 Å². The van der Waals surface area contributed by atoms with Crippen molar-refractivity contribution in [3.05, 3.63) is 28.8 Å². The van der Waals surface area contributed by atoms with Crippen molar-refractivity contribution in [2.75, 3.05) is 14.2 Å². The summed E-state index contributed by atoms with van der Waals surface area (Å²) >= 11 is 0. The second kappa shape index (κ2) is 25.7. The molecule has 0 radical (unpaired) electrons. The standard InChI is InChI=1S/C55H82O24/c1-11-20(2)41-32(75-36-15-30(57)45(60)22(4)70-36)14-28-12-27-13-29(54(69-10)52(67)44(59)21(3)56)55(51(66)43(27)50(65)42(28)49(41)64)79-40-18-34(48(63)25(7)73-40)76-38-17-33(47(62)24(6)72-38)77-39-19-35(53(68-9)26(8)74-39)78-37-16-31(58)46(61)23(5)71-37/h12,14,20-26,29-31,33-40,44-48,53-65H,11,13,15-19H2,1-10H3/t20?,21-,22-,23-,24-,25-,26-,29+,30-,31-,33-,34-,35-,36-,37+,38+,39+,40+,44+,45-,46-,47+,48-,53-,54+,55+/m1/s1. The highest BCUT2D eigenvalue weighted by Crippen LogP contribution is 2.50. The number of aromatic hydroxyl groups is 2. The molecule has 2 aromatic carbocycles. The van der Waals surface area contributed by atoms with Crippen LogP contribution in [-0.4, -0.2) is 224 Å². The number of aliphatic hydroxyl groups excluding tert-OH is 8. The zero-order valence-electron chi connectivity index (χ0n) is 46.3. The fourth-order valence-corrected chi connectivity index (χ4v) is 12.0. The minimum atomic E-state index is -1.94. The van der Waals surface area contributed by atoms with Gasteiger partial charge in [-0.25, -0.2) is 0 Å². The summed E-state index contributed by atoms with van der Waals surface area (Å²) in [4.78, 5) is 29.1. The van der Waals surface area contributed by atoms with Crippen LogP contribution in [0.5, 0.6) is 17.2 Å². The number of phenols is 2. The van der Waals surface area contributed by atoms with Crippen molar-refractivity contribution >= 4 is 22.3 Å². The van der Waals surface area contributed by atoms with E-state index in [9.17, 15) is 55.9 Å². The Morgan fingerprint density at radius 2 is 1.13 bits per heavy atom. The highest BCUT2D eigenvalue weighted by molar-refractivity contribution is 6.11. The van der Waals surface area contributed by atoms with Crippen molar-refractivity contribution in [1.29, 1.82) is 0 Å². The number of benzene rings is 2. The van der Waals surface area contributed by atoms with Crippen LogP contribution in [0.2, 0.25) is 0 Å². The molecule has 10 N–H and O–H groups in total. The Labute approximate surface area is 458 Å². The Bertz CT molecular complexity index is 2380. The van der Waals surface area contributed by atoms with Crippen molar-refractivity contribution < 1.29 is 117 Å². The van der Waals surface area contributed by atoms with Gasteiger partial charge in [0.05, 0.1) is 78.1 Å². The number of fused-ring (bicyclic) bond motifs is 2. The number of ether oxygens (including phenoxy) is 12. The molecule has 8 rings (SSSR count). The fourth-order valence-electron chi connectivity index (χ4n) is 12.0. The molecule has 1 unspecified atom stereocenters. The Hall–Kier alpha value is -3.32. The molecule has 0 aromatic heterocycles. The lowest BCUT2D eigenvalue weighted by molar-refractivity contribution is -0.339. The van der Waals surface area contributed by atoms with Gasteiger partial charge in [-0.15, -0.1) is 0 Å². The molecular weight excluding hydrogens is 1040 g/mol. The molecule has 6 aliphatic rings. The Kier molecular flexibility index (Phi) is 20.1. The minimum absolute atomic E-state index is 0.0208. The van der Waals surface area contributed by atoms with Crippen LogP contribution in [0.4, 0.5) is 0 Å². The van der Waals surface area contributed by atoms with Crippen LogP contribution in [0.1, 0.15) is 121 Å². The smallest absolute Gasteiger partial charge is 0.202 e. The molecule has 1 aliphatic carbocycles. The van der Waals surface area contributed by atoms with E-state index in [1.165, 1.54) is 21.1 Å². The Morgan fingerprint density at radius 1 is 0.646 bits per heavy atom. The molecule has 0 amide bonds. The maximum Gasteiger partial charge on any atom is 0.202 e. The summed E-state index contributed by atoms with van der Waals surface area (Å²) in [6, 6.07) is 3.12. The van der Waals surface area contributed by atoms with E-state index in [2.05, 4.69) is 0 Å². The van der Waals surface area contributed by atoms with E-state index in [0.29, 0.717) is 6.42 Å². The molecule has 0 saturated carbocycles. The van der Waals surface area contributed by atoms with E-state index in [-0.39, 0.29) is 83.4 Å².